The van der Waals surface area contributed by atoms with Gasteiger partial charge in [-0.15, -0.1) is 11.3 Å². The van der Waals surface area contributed by atoms with Crippen molar-refractivity contribution < 1.29 is 18.3 Å². The highest BCUT2D eigenvalue weighted by molar-refractivity contribution is 7.23. The molecule has 5 rings (SSSR count). The Morgan fingerprint density at radius 1 is 1.36 bits per heavy atom. The van der Waals surface area contributed by atoms with E-state index in [0.29, 0.717) is 17.6 Å². The van der Waals surface area contributed by atoms with Gasteiger partial charge in [0.05, 0.1) is 21.9 Å². The first-order chi connectivity index (χ1) is 17.3. The van der Waals surface area contributed by atoms with Crippen LogP contribution in [0.2, 0.25) is 5.02 Å². The molecule has 2 aromatic heterocycles. The molecule has 186 valence electrons. The molecule has 1 fully saturated rings. The number of ether oxygens (including phenoxy) is 2. The van der Waals surface area contributed by atoms with Crippen LogP contribution in [0.1, 0.15) is 24.0 Å². The predicted octanol–water partition coefficient (Wildman–Crippen LogP) is 5.52. The van der Waals surface area contributed by atoms with Gasteiger partial charge in [0.15, 0.2) is 5.82 Å². The Labute approximate surface area is 215 Å². The molecule has 7 nitrogen and oxygen atoms in total. The maximum atomic E-state index is 16.2. The fraction of sp³-hybridized carbons (Fsp3) is 0.320. The average molecular weight is 530 g/mol. The summed E-state index contributed by atoms with van der Waals surface area (Å²) in [6, 6.07) is 4.88. The lowest BCUT2D eigenvalue weighted by atomic mass is 9.95. The van der Waals surface area contributed by atoms with E-state index in [1.54, 1.807) is 0 Å². The van der Waals surface area contributed by atoms with Crippen molar-refractivity contribution in [1.29, 1.82) is 5.26 Å². The van der Waals surface area contributed by atoms with E-state index in [9.17, 15) is 9.65 Å². The second kappa shape index (κ2) is 9.75. The monoisotopic (exact) mass is 529 g/mol. The van der Waals surface area contributed by atoms with Crippen LogP contribution < -0.4 is 10.5 Å². The third-order valence-electron chi connectivity index (χ3n) is 6.57. The first-order valence-corrected chi connectivity index (χ1v) is 12.4. The normalized spacial score (nSPS) is 16.2. The maximum absolute atomic E-state index is 16.2. The third kappa shape index (κ3) is 4.02. The summed E-state index contributed by atoms with van der Waals surface area (Å²) in [5.74, 6) is -1.29. The van der Waals surface area contributed by atoms with Crippen LogP contribution in [0.5, 0.6) is 6.01 Å². The lowest BCUT2D eigenvalue weighted by molar-refractivity contribution is 0.185. The van der Waals surface area contributed by atoms with E-state index in [4.69, 9.17) is 26.8 Å². The molecule has 4 aromatic rings. The lowest BCUT2D eigenvalue weighted by Gasteiger charge is -2.19. The molecule has 2 aromatic carbocycles. The van der Waals surface area contributed by atoms with Crippen LogP contribution >= 0.6 is 22.9 Å². The minimum Gasteiger partial charge on any atom is -0.462 e. The number of rotatable bonds is 6. The predicted molar refractivity (Wildman–Crippen MR) is 136 cm³/mol. The van der Waals surface area contributed by atoms with Crippen LogP contribution in [0.3, 0.4) is 0 Å². The van der Waals surface area contributed by atoms with E-state index in [2.05, 4.69) is 14.9 Å². The van der Waals surface area contributed by atoms with E-state index >= 15 is 4.39 Å². The number of fused-ring (bicyclic) bond motifs is 2. The van der Waals surface area contributed by atoms with Crippen molar-refractivity contribution in [2.75, 3.05) is 33.0 Å². The third-order valence-corrected chi connectivity index (χ3v) is 8.01. The van der Waals surface area contributed by atoms with Crippen molar-refractivity contribution in [1.82, 2.24) is 14.9 Å². The summed E-state index contributed by atoms with van der Waals surface area (Å²) in [6.07, 6.45) is 3.55. The second-order valence-electron chi connectivity index (χ2n) is 8.67. The number of hydrogen-bond acceptors (Lipinski definition) is 8. The number of hydrogen-bond donors (Lipinski definition) is 1. The zero-order valence-corrected chi connectivity index (χ0v) is 21.1. The van der Waals surface area contributed by atoms with Crippen molar-refractivity contribution in [3.8, 4) is 23.2 Å². The molecule has 0 saturated carbocycles. The molecule has 0 radical (unpaired) electrons. The summed E-state index contributed by atoms with van der Waals surface area (Å²) in [7, 11) is 3.52. The van der Waals surface area contributed by atoms with Crippen molar-refractivity contribution in [3.05, 3.63) is 46.1 Å². The molecule has 36 heavy (non-hydrogen) atoms. The van der Waals surface area contributed by atoms with Crippen LogP contribution in [0.4, 0.5) is 13.8 Å². The molecule has 0 spiro atoms. The Morgan fingerprint density at radius 3 is 2.86 bits per heavy atom. The van der Waals surface area contributed by atoms with E-state index < -0.39 is 11.6 Å². The highest BCUT2D eigenvalue weighted by Gasteiger charge is 2.27. The Morgan fingerprint density at radius 2 is 2.17 bits per heavy atom. The first kappa shape index (κ1) is 24.6. The number of benzene rings is 2. The lowest BCUT2D eigenvalue weighted by Crippen LogP contribution is -2.30. The summed E-state index contributed by atoms with van der Waals surface area (Å²) in [5.41, 5.74) is 6.73. The molecular weight excluding hydrogens is 508 g/mol. The topological polar surface area (TPSA) is 97.3 Å². The van der Waals surface area contributed by atoms with Gasteiger partial charge in [-0.05, 0) is 38.1 Å². The molecule has 1 unspecified atom stereocenters. The van der Waals surface area contributed by atoms with Crippen molar-refractivity contribution in [2.45, 2.75) is 25.5 Å². The number of likely N-dealkylation sites (N-methyl/N-ethyl adjacent to an activating group) is 1. The minimum absolute atomic E-state index is 0.00888. The van der Waals surface area contributed by atoms with E-state index in [1.807, 2.05) is 13.1 Å². The molecule has 1 atom stereocenters. The number of halogens is 3. The molecule has 1 aliphatic rings. The highest BCUT2D eigenvalue weighted by atomic mass is 35.5. The Hall–Kier alpha value is -3.10. The van der Waals surface area contributed by atoms with Crippen molar-refractivity contribution in [2.24, 2.45) is 0 Å². The van der Waals surface area contributed by atoms with Crippen LogP contribution in [-0.2, 0) is 11.3 Å². The van der Waals surface area contributed by atoms with Crippen molar-refractivity contribution in [3.63, 3.8) is 0 Å². The van der Waals surface area contributed by atoms with Crippen LogP contribution in [-0.4, -0.2) is 48.2 Å². The number of likely N-dealkylation sites (tertiary alicyclic amines) is 1. The molecule has 2 N–H and O–H groups in total. The number of aromatic nitrogens is 2. The molecule has 1 saturated heterocycles. The number of nitrogens with two attached hydrogens (primary N) is 1. The molecule has 0 aliphatic carbocycles. The molecule has 1 aliphatic heterocycles. The number of anilines is 1. The molecule has 0 amide bonds. The number of nitrogen functional groups attached to an aromatic ring is 1. The summed E-state index contributed by atoms with van der Waals surface area (Å²) >= 11 is 7.67. The van der Waals surface area contributed by atoms with Gasteiger partial charge in [-0.25, -0.2) is 13.8 Å². The number of methoxy groups -OCH3 is 1. The summed E-state index contributed by atoms with van der Waals surface area (Å²) in [5, 5.41) is 10.5. The Bertz CT molecular complexity index is 1540. The second-order valence-corrected chi connectivity index (χ2v) is 10.1. The van der Waals surface area contributed by atoms with Gasteiger partial charge in [0.25, 0.3) is 0 Å². The minimum atomic E-state index is -0.735. The van der Waals surface area contributed by atoms with Gasteiger partial charge in [0.1, 0.15) is 29.0 Å². The molecule has 3 heterocycles. The van der Waals surface area contributed by atoms with Gasteiger partial charge in [-0.3, -0.25) is 0 Å². The maximum Gasteiger partial charge on any atom is 0.317 e. The van der Waals surface area contributed by atoms with Gasteiger partial charge in [-0.1, -0.05) is 17.7 Å². The molecule has 11 heteroatoms. The number of nitriles is 1. The van der Waals surface area contributed by atoms with Gasteiger partial charge < -0.3 is 20.1 Å². The van der Waals surface area contributed by atoms with Gasteiger partial charge in [0.2, 0.25) is 0 Å². The highest BCUT2D eigenvalue weighted by Crippen LogP contribution is 2.46. The average Bonchev–Trinajstić information content (AvgIpc) is 3.44. The van der Waals surface area contributed by atoms with E-state index in [1.165, 1.54) is 25.4 Å². The number of thiophene rings is 1. The van der Waals surface area contributed by atoms with Gasteiger partial charge in [0, 0.05) is 41.2 Å². The largest absolute Gasteiger partial charge is 0.462 e. The van der Waals surface area contributed by atoms with Crippen LogP contribution in [0.25, 0.3) is 32.1 Å². The van der Waals surface area contributed by atoms with E-state index in [0.717, 1.165) is 30.7 Å². The standard InChI is InChI=1S/C25H22ClF2N5O2S/c1-33-7-3-4-12(33)10-35-25-31-9-15-16(11-34-2)20(26)19(21(28)22(15)32-25)13-5-6-17(27)23-18(13)14(8-29)24(30)36-23/h5-6,9,12H,3-4,7,10-11,30H2,1-2H3. The van der Waals surface area contributed by atoms with Crippen LogP contribution in [0, 0.1) is 23.0 Å². The fourth-order valence-corrected chi connectivity index (χ4v) is 5.99. The van der Waals surface area contributed by atoms with Crippen molar-refractivity contribution >= 4 is 48.9 Å². The summed E-state index contributed by atoms with van der Waals surface area (Å²) in [6.45, 7) is 1.43. The number of nitrogens with zero attached hydrogens (tertiary/aromatic N) is 4. The van der Waals surface area contributed by atoms with Gasteiger partial charge >= 0.3 is 6.01 Å². The zero-order chi connectivity index (χ0) is 25.6. The SMILES string of the molecule is COCc1c(Cl)c(-c2ccc(F)c3sc(N)c(C#N)c23)c(F)c2nc(OCC3CCCN3C)ncc12. The zero-order valence-electron chi connectivity index (χ0n) is 19.6. The first-order valence-electron chi connectivity index (χ1n) is 11.2. The smallest absolute Gasteiger partial charge is 0.317 e. The van der Waals surface area contributed by atoms with Gasteiger partial charge in [-0.2, -0.15) is 10.2 Å². The quantitative estimate of drug-likeness (QED) is 0.351. The summed E-state index contributed by atoms with van der Waals surface area (Å²) in [4.78, 5) is 10.9. The molecular formula is C25H22ClF2N5O2S. The molecule has 0 bridgehead atoms. The van der Waals surface area contributed by atoms with Crippen LogP contribution in [0.15, 0.2) is 18.3 Å². The summed E-state index contributed by atoms with van der Waals surface area (Å²) < 4.78 is 42.1. The Kier molecular flexibility index (Phi) is 6.66. The Balaban J connectivity index is 1.72. The van der Waals surface area contributed by atoms with E-state index in [-0.39, 0.29) is 61.0 Å². The fourth-order valence-electron chi connectivity index (χ4n) is 4.70.